The van der Waals surface area contributed by atoms with E-state index in [0.29, 0.717) is 11.3 Å². The Bertz CT molecular complexity index is 901. The average Bonchev–Trinajstić information content (AvgIpc) is 2.98. The number of hydrogen-bond acceptors (Lipinski definition) is 4. The van der Waals surface area contributed by atoms with E-state index in [4.69, 9.17) is 4.74 Å². The largest absolute Gasteiger partial charge is 0.496 e. The van der Waals surface area contributed by atoms with Crippen LogP contribution in [0.3, 0.4) is 0 Å². The monoisotopic (exact) mass is 324 g/mol. The van der Waals surface area contributed by atoms with Gasteiger partial charge in [0.1, 0.15) is 12.1 Å². The molecule has 0 saturated carbocycles. The molecule has 3 rings (SSSR count). The molecule has 1 N–H and O–H groups in total. The number of imidazole rings is 1. The van der Waals surface area contributed by atoms with Crippen LogP contribution in [0.2, 0.25) is 0 Å². The van der Waals surface area contributed by atoms with Gasteiger partial charge in [0.15, 0.2) is 11.3 Å². The van der Waals surface area contributed by atoms with Gasteiger partial charge in [-0.25, -0.2) is 9.97 Å². The molecule has 0 aliphatic rings. The fourth-order valence-electron chi connectivity index (χ4n) is 2.81. The summed E-state index contributed by atoms with van der Waals surface area (Å²) >= 11 is 0. The number of carbonyl (C=O) groups excluding carboxylic acids is 1. The minimum atomic E-state index is -0.256. The van der Waals surface area contributed by atoms with Crippen molar-refractivity contribution >= 4 is 11.6 Å². The molecule has 0 radical (unpaired) electrons. The van der Waals surface area contributed by atoms with Gasteiger partial charge in [-0.1, -0.05) is 18.2 Å². The molecule has 0 bridgehead atoms. The summed E-state index contributed by atoms with van der Waals surface area (Å²) in [7, 11) is 1.62. The summed E-state index contributed by atoms with van der Waals surface area (Å²) in [5.41, 5.74) is 3.65. The normalized spacial score (nSPS) is 12.2. The number of rotatable bonds is 4. The Hall–Kier alpha value is -2.89. The number of ether oxygens (including phenoxy) is 1. The Labute approximate surface area is 140 Å². The van der Waals surface area contributed by atoms with E-state index in [0.717, 1.165) is 22.7 Å². The van der Waals surface area contributed by atoms with Crippen LogP contribution >= 0.6 is 0 Å². The van der Waals surface area contributed by atoms with Crippen LogP contribution in [0.1, 0.15) is 40.4 Å². The van der Waals surface area contributed by atoms with E-state index in [1.165, 1.54) is 0 Å². The maximum Gasteiger partial charge on any atom is 0.274 e. The summed E-state index contributed by atoms with van der Waals surface area (Å²) < 4.78 is 7.17. The van der Waals surface area contributed by atoms with Crippen molar-refractivity contribution in [2.45, 2.75) is 26.8 Å². The van der Waals surface area contributed by atoms with Crippen molar-refractivity contribution in [3.63, 3.8) is 0 Å². The third-order valence-electron chi connectivity index (χ3n) is 3.99. The van der Waals surface area contributed by atoms with Gasteiger partial charge in [-0.3, -0.25) is 9.20 Å². The number of hydrogen-bond donors (Lipinski definition) is 1. The highest BCUT2D eigenvalue weighted by atomic mass is 16.5. The molecule has 1 aromatic carbocycles. The van der Waals surface area contributed by atoms with Gasteiger partial charge in [0.25, 0.3) is 5.91 Å². The van der Waals surface area contributed by atoms with Crippen molar-refractivity contribution in [3.8, 4) is 5.75 Å². The minimum Gasteiger partial charge on any atom is -0.496 e. The lowest BCUT2D eigenvalue weighted by Gasteiger charge is -2.16. The van der Waals surface area contributed by atoms with Gasteiger partial charge >= 0.3 is 0 Å². The number of amides is 1. The van der Waals surface area contributed by atoms with Gasteiger partial charge in [-0.2, -0.15) is 0 Å². The standard InChI is InChI=1S/C18H20N4O2/c1-11-9-12(2)22-10-19-16(17(22)20-11)18(23)21-13(3)14-7-5-6-8-15(14)24-4/h5-10,13H,1-4H3,(H,21,23)/t13-/m0/s1. The van der Waals surface area contributed by atoms with Crippen LogP contribution in [0.25, 0.3) is 5.65 Å². The lowest BCUT2D eigenvalue weighted by atomic mass is 10.1. The fraction of sp³-hybridized carbons (Fsp3) is 0.278. The molecule has 124 valence electrons. The second-order valence-corrected chi connectivity index (χ2v) is 5.76. The first-order valence-electron chi connectivity index (χ1n) is 7.76. The van der Waals surface area contributed by atoms with Crippen molar-refractivity contribution in [1.82, 2.24) is 19.7 Å². The van der Waals surface area contributed by atoms with Gasteiger partial charge in [0, 0.05) is 17.0 Å². The summed E-state index contributed by atoms with van der Waals surface area (Å²) in [6, 6.07) is 9.36. The molecule has 6 heteroatoms. The van der Waals surface area contributed by atoms with Gasteiger partial charge in [-0.15, -0.1) is 0 Å². The van der Waals surface area contributed by atoms with Gasteiger partial charge < -0.3 is 10.1 Å². The number of fused-ring (bicyclic) bond motifs is 1. The zero-order chi connectivity index (χ0) is 17.3. The van der Waals surface area contributed by atoms with Crippen molar-refractivity contribution in [1.29, 1.82) is 0 Å². The Morgan fingerprint density at radius 2 is 2.04 bits per heavy atom. The van der Waals surface area contributed by atoms with Crippen molar-refractivity contribution in [3.05, 3.63) is 59.3 Å². The lowest BCUT2D eigenvalue weighted by molar-refractivity contribution is 0.0936. The second kappa shape index (κ2) is 6.31. The van der Waals surface area contributed by atoms with Crippen molar-refractivity contribution in [2.24, 2.45) is 0 Å². The maximum atomic E-state index is 12.7. The van der Waals surface area contributed by atoms with E-state index in [9.17, 15) is 4.79 Å². The highest BCUT2D eigenvalue weighted by molar-refractivity contribution is 5.98. The first kappa shape index (κ1) is 16.0. The summed E-state index contributed by atoms with van der Waals surface area (Å²) in [5.74, 6) is 0.484. The lowest BCUT2D eigenvalue weighted by Crippen LogP contribution is -2.27. The maximum absolute atomic E-state index is 12.7. The molecule has 0 spiro atoms. The summed E-state index contributed by atoms with van der Waals surface area (Å²) in [4.78, 5) is 21.3. The SMILES string of the molecule is COc1ccccc1[C@H](C)NC(=O)c1ncn2c(C)cc(C)nc12. The highest BCUT2D eigenvalue weighted by Gasteiger charge is 2.19. The quantitative estimate of drug-likeness (QED) is 0.801. The fourth-order valence-corrected chi connectivity index (χ4v) is 2.81. The van der Waals surface area contributed by atoms with Crippen LogP contribution in [0.4, 0.5) is 0 Å². The molecule has 0 aliphatic heterocycles. The molecule has 6 nitrogen and oxygen atoms in total. The van der Waals surface area contributed by atoms with E-state index >= 15 is 0 Å². The summed E-state index contributed by atoms with van der Waals surface area (Å²) in [6.07, 6.45) is 1.62. The van der Waals surface area contributed by atoms with E-state index < -0.39 is 0 Å². The van der Waals surface area contributed by atoms with Crippen LogP contribution in [0.15, 0.2) is 36.7 Å². The van der Waals surface area contributed by atoms with Crippen molar-refractivity contribution in [2.75, 3.05) is 7.11 Å². The van der Waals surface area contributed by atoms with Gasteiger partial charge in [0.2, 0.25) is 0 Å². The molecule has 0 aliphatic carbocycles. The van der Waals surface area contributed by atoms with Crippen LogP contribution < -0.4 is 10.1 Å². The molecule has 0 fully saturated rings. The molecule has 2 aromatic heterocycles. The third kappa shape index (κ3) is 2.82. The Kier molecular flexibility index (Phi) is 4.20. The zero-order valence-corrected chi connectivity index (χ0v) is 14.2. The molecule has 24 heavy (non-hydrogen) atoms. The van der Waals surface area contributed by atoms with Crippen LogP contribution in [-0.4, -0.2) is 27.4 Å². The second-order valence-electron chi connectivity index (χ2n) is 5.76. The van der Waals surface area contributed by atoms with E-state index in [1.54, 1.807) is 13.4 Å². The van der Waals surface area contributed by atoms with E-state index in [1.807, 2.05) is 55.5 Å². The Balaban J connectivity index is 1.90. The van der Waals surface area contributed by atoms with E-state index in [2.05, 4.69) is 15.3 Å². The molecular formula is C18H20N4O2. The number of carbonyl (C=O) groups is 1. The molecule has 1 amide bonds. The molecule has 3 aromatic rings. The summed E-state index contributed by atoms with van der Waals surface area (Å²) in [5, 5.41) is 2.97. The van der Waals surface area contributed by atoms with Gasteiger partial charge in [-0.05, 0) is 32.9 Å². The molecule has 2 heterocycles. The number of nitrogens with one attached hydrogen (secondary N) is 1. The number of aryl methyl sites for hydroxylation is 2. The van der Waals surface area contributed by atoms with Crippen LogP contribution in [-0.2, 0) is 0 Å². The highest BCUT2D eigenvalue weighted by Crippen LogP contribution is 2.24. The van der Waals surface area contributed by atoms with E-state index in [-0.39, 0.29) is 11.9 Å². The number of benzene rings is 1. The first-order valence-corrected chi connectivity index (χ1v) is 7.76. The van der Waals surface area contributed by atoms with Gasteiger partial charge in [0.05, 0.1) is 13.2 Å². The number of aromatic nitrogens is 3. The Morgan fingerprint density at radius 3 is 2.79 bits per heavy atom. The summed E-state index contributed by atoms with van der Waals surface area (Å²) in [6.45, 7) is 5.78. The number of nitrogens with zero attached hydrogens (tertiary/aromatic N) is 3. The van der Waals surface area contributed by atoms with Crippen LogP contribution in [0, 0.1) is 13.8 Å². The predicted octanol–water partition coefficient (Wildman–Crippen LogP) is 2.85. The Morgan fingerprint density at radius 1 is 1.29 bits per heavy atom. The molecule has 0 unspecified atom stereocenters. The number of methoxy groups -OCH3 is 1. The molecule has 1 atom stereocenters. The first-order chi connectivity index (χ1) is 11.5. The predicted molar refractivity (Wildman–Crippen MR) is 91.3 cm³/mol. The smallest absolute Gasteiger partial charge is 0.274 e. The van der Waals surface area contributed by atoms with Crippen molar-refractivity contribution < 1.29 is 9.53 Å². The zero-order valence-electron chi connectivity index (χ0n) is 14.2. The molecular weight excluding hydrogens is 304 g/mol. The number of para-hydroxylation sites is 1. The third-order valence-corrected chi connectivity index (χ3v) is 3.99. The minimum absolute atomic E-state index is 0.212. The molecule has 0 saturated heterocycles. The topological polar surface area (TPSA) is 68.5 Å². The average molecular weight is 324 g/mol. The van der Waals surface area contributed by atoms with Crippen LogP contribution in [0.5, 0.6) is 5.75 Å².